The number of hydrogen-bond donors (Lipinski definition) is 0. The van der Waals surface area contributed by atoms with Crippen molar-refractivity contribution in [3.63, 3.8) is 0 Å². The summed E-state index contributed by atoms with van der Waals surface area (Å²) in [4.78, 5) is 20.8. The SMILES string of the molecule is C=C(C)C(=O)OC(F)C(F)(F)C(F)(F)C(F)(F)C(F)(F)C(F)C(F)F.CCCCOC(C)=O. The third-order valence-electron chi connectivity index (χ3n) is 3.45. The maximum absolute atomic E-state index is 13.2. The molecule has 0 radical (unpaired) electrons. The van der Waals surface area contributed by atoms with Crippen LogP contribution in [0.5, 0.6) is 0 Å². The van der Waals surface area contributed by atoms with Crippen molar-refractivity contribution in [1.82, 2.24) is 0 Å². The van der Waals surface area contributed by atoms with Gasteiger partial charge in [-0.05, 0) is 13.3 Å². The highest BCUT2D eigenvalue weighted by Gasteiger charge is 2.85. The molecule has 0 aromatic heterocycles. The number of carbonyl (C=O) groups excluding carboxylic acids is 2. The number of hydrogen-bond acceptors (Lipinski definition) is 4. The normalized spacial score (nSPS) is 14.7. The third-order valence-corrected chi connectivity index (χ3v) is 3.45. The number of rotatable bonds is 11. The van der Waals surface area contributed by atoms with E-state index in [0.29, 0.717) is 13.5 Å². The minimum atomic E-state index is -7.49. The van der Waals surface area contributed by atoms with E-state index in [4.69, 9.17) is 0 Å². The van der Waals surface area contributed by atoms with E-state index in [0.717, 1.165) is 12.8 Å². The summed E-state index contributed by atoms with van der Waals surface area (Å²) >= 11 is 0. The predicted molar refractivity (Wildman–Crippen MR) is 88.0 cm³/mol. The first kappa shape index (κ1) is 33.0. The first-order valence-corrected chi connectivity index (χ1v) is 8.70. The zero-order chi connectivity index (χ0) is 27.0. The van der Waals surface area contributed by atoms with Crippen LogP contribution in [-0.4, -0.2) is 61.2 Å². The molecule has 0 fully saturated rings. The molecule has 0 aliphatic heterocycles. The average molecular weight is 516 g/mol. The maximum Gasteiger partial charge on any atom is 0.385 e. The van der Waals surface area contributed by atoms with E-state index in [2.05, 4.69) is 23.0 Å². The monoisotopic (exact) mass is 516 g/mol. The quantitative estimate of drug-likeness (QED) is 0.149. The zero-order valence-electron chi connectivity index (χ0n) is 17.2. The summed E-state index contributed by atoms with van der Waals surface area (Å²) in [5.41, 5.74) is -0.861. The summed E-state index contributed by atoms with van der Waals surface area (Å²) in [6, 6.07) is 0. The molecule has 0 amide bonds. The lowest BCUT2D eigenvalue weighted by atomic mass is 9.95. The molecule has 0 aliphatic carbocycles. The van der Waals surface area contributed by atoms with Crippen LogP contribution in [0, 0.1) is 0 Å². The molecule has 33 heavy (non-hydrogen) atoms. The second-order valence-corrected chi connectivity index (χ2v) is 6.33. The Kier molecular flexibility index (Phi) is 12.3. The van der Waals surface area contributed by atoms with E-state index in [1.165, 1.54) is 6.92 Å². The van der Waals surface area contributed by atoms with Crippen molar-refractivity contribution < 1.29 is 71.7 Å². The van der Waals surface area contributed by atoms with Gasteiger partial charge in [0.2, 0.25) is 6.17 Å². The lowest BCUT2D eigenvalue weighted by molar-refractivity contribution is -0.399. The molecule has 196 valence electrons. The zero-order valence-corrected chi connectivity index (χ0v) is 17.2. The van der Waals surface area contributed by atoms with Gasteiger partial charge in [0.15, 0.2) is 0 Å². The number of esters is 2. The molecule has 0 saturated heterocycles. The summed E-state index contributed by atoms with van der Waals surface area (Å²) in [5, 5.41) is 0. The number of alkyl halides is 12. The summed E-state index contributed by atoms with van der Waals surface area (Å²) in [6.45, 7) is 7.47. The van der Waals surface area contributed by atoms with Crippen LogP contribution in [-0.2, 0) is 19.1 Å². The van der Waals surface area contributed by atoms with Gasteiger partial charge in [-0.3, -0.25) is 4.79 Å². The molecular weight excluding hydrogens is 496 g/mol. The van der Waals surface area contributed by atoms with Crippen molar-refractivity contribution in [2.24, 2.45) is 0 Å². The Morgan fingerprint density at radius 2 is 1.27 bits per heavy atom. The molecule has 0 saturated carbocycles. The standard InChI is InChI=1S/C11H8F12O2.C6H12O2/c1-3(2)6(24)25-7(15)9(18,19)11(22,23)10(20,21)8(16,17)4(12)5(13)14;1-3-4-5-8-6(2)7/h4-5,7H,1H2,2H3;3-5H2,1-2H3. The predicted octanol–water partition coefficient (Wildman–Crippen LogP) is 5.90. The molecule has 0 rings (SSSR count). The fourth-order valence-electron chi connectivity index (χ4n) is 1.52. The Morgan fingerprint density at radius 3 is 1.61 bits per heavy atom. The molecule has 0 aromatic carbocycles. The molecule has 0 aliphatic rings. The van der Waals surface area contributed by atoms with Gasteiger partial charge in [-0.1, -0.05) is 19.9 Å². The van der Waals surface area contributed by atoms with Crippen molar-refractivity contribution in [2.45, 2.75) is 76.3 Å². The number of unbranched alkanes of at least 4 members (excludes halogenated alkanes) is 1. The van der Waals surface area contributed by atoms with Gasteiger partial charge in [0.1, 0.15) is 0 Å². The van der Waals surface area contributed by atoms with Crippen molar-refractivity contribution in [1.29, 1.82) is 0 Å². The number of carbonyl (C=O) groups is 2. The van der Waals surface area contributed by atoms with Gasteiger partial charge < -0.3 is 9.47 Å². The van der Waals surface area contributed by atoms with E-state index < -0.39 is 54.2 Å². The van der Waals surface area contributed by atoms with Crippen LogP contribution in [0.15, 0.2) is 12.2 Å². The molecular formula is C17H20F12O4. The smallest absolute Gasteiger partial charge is 0.385 e. The number of ether oxygens (including phenoxy) is 2. The first-order valence-electron chi connectivity index (χ1n) is 8.70. The summed E-state index contributed by atoms with van der Waals surface area (Å²) in [6.07, 6.45) is -13.1. The Balaban J connectivity index is 0. The van der Waals surface area contributed by atoms with Gasteiger partial charge in [-0.2, -0.15) is 39.5 Å². The van der Waals surface area contributed by atoms with Crippen molar-refractivity contribution >= 4 is 11.9 Å². The van der Waals surface area contributed by atoms with Crippen LogP contribution in [0.1, 0.15) is 33.6 Å². The summed E-state index contributed by atoms with van der Waals surface area (Å²) in [5.74, 6) is -31.1. The highest BCUT2D eigenvalue weighted by Crippen LogP contribution is 2.56. The molecule has 0 N–H and O–H groups in total. The van der Waals surface area contributed by atoms with E-state index in [9.17, 15) is 62.3 Å². The van der Waals surface area contributed by atoms with Gasteiger partial charge in [-0.25, -0.2) is 18.0 Å². The molecule has 16 heteroatoms. The lowest BCUT2D eigenvalue weighted by Gasteiger charge is -2.38. The van der Waals surface area contributed by atoms with Crippen LogP contribution < -0.4 is 0 Å². The van der Waals surface area contributed by atoms with Gasteiger partial charge in [0.05, 0.1) is 6.61 Å². The van der Waals surface area contributed by atoms with Crippen LogP contribution >= 0.6 is 0 Å². The molecule has 4 nitrogen and oxygen atoms in total. The molecule has 2 atom stereocenters. The van der Waals surface area contributed by atoms with Gasteiger partial charge >= 0.3 is 42.0 Å². The molecule has 0 bridgehead atoms. The summed E-state index contributed by atoms with van der Waals surface area (Å²) in [7, 11) is 0. The lowest BCUT2D eigenvalue weighted by Crippen LogP contribution is -2.67. The second-order valence-electron chi connectivity index (χ2n) is 6.33. The highest BCUT2D eigenvalue weighted by atomic mass is 19.4. The second kappa shape index (κ2) is 12.3. The first-order chi connectivity index (χ1) is 14.6. The Morgan fingerprint density at radius 1 is 0.848 bits per heavy atom. The third kappa shape index (κ3) is 7.98. The summed E-state index contributed by atoms with van der Waals surface area (Å²) < 4.78 is 161. The van der Waals surface area contributed by atoms with Gasteiger partial charge in [-0.15, -0.1) is 0 Å². The highest BCUT2D eigenvalue weighted by molar-refractivity contribution is 5.87. The van der Waals surface area contributed by atoms with E-state index in [-0.39, 0.29) is 5.97 Å². The van der Waals surface area contributed by atoms with E-state index in [1.807, 2.05) is 0 Å². The Labute approximate surface area is 179 Å². The van der Waals surface area contributed by atoms with Crippen molar-refractivity contribution in [3.8, 4) is 0 Å². The Hall–Kier alpha value is -2.16. The molecule has 0 spiro atoms. The average Bonchev–Trinajstić information content (AvgIpc) is 2.66. The largest absolute Gasteiger partial charge is 0.466 e. The van der Waals surface area contributed by atoms with E-state index >= 15 is 0 Å². The van der Waals surface area contributed by atoms with Crippen LogP contribution in [0.4, 0.5) is 52.7 Å². The fraction of sp³-hybridized carbons (Fsp3) is 0.765. The number of halogens is 12. The molecule has 0 heterocycles. The van der Waals surface area contributed by atoms with E-state index in [1.54, 1.807) is 0 Å². The van der Waals surface area contributed by atoms with Crippen molar-refractivity contribution in [3.05, 3.63) is 12.2 Å². The maximum atomic E-state index is 13.2. The minimum absolute atomic E-state index is 0.182. The molecule has 0 aromatic rings. The van der Waals surface area contributed by atoms with Crippen molar-refractivity contribution in [2.75, 3.05) is 6.61 Å². The van der Waals surface area contributed by atoms with Crippen LogP contribution in [0.2, 0.25) is 0 Å². The van der Waals surface area contributed by atoms with Gasteiger partial charge in [0.25, 0.3) is 6.43 Å². The molecule has 2 unspecified atom stereocenters. The van der Waals surface area contributed by atoms with Gasteiger partial charge in [0, 0.05) is 12.5 Å². The fourth-order valence-corrected chi connectivity index (χ4v) is 1.52. The topological polar surface area (TPSA) is 52.6 Å². The van der Waals surface area contributed by atoms with Crippen LogP contribution in [0.3, 0.4) is 0 Å². The Bertz CT molecular complexity index is 666. The minimum Gasteiger partial charge on any atom is -0.466 e. The van der Waals surface area contributed by atoms with Crippen LogP contribution in [0.25, 0.3) is 0 Å².